The summed E-state index contributed by atoms with van der Waals surface area (Å²) in [4.78, 5) is 73.9. The topological polar surface area (TPSA) is 360 Å². The Morgan fingerprint density at radius 1 is 0.838 bits per heavy atom. The average molecular weight is 1150 g/mol. The second kappa shape index (κ2) is 32.2. The first kappa shape index (κ1) is 70.4. The van der Waals surface area contributed by atoms with E-state index in [9.17, 15) is 49.2 Å². The zero-order valence-electron chi connectivity index (χ0n) is 48.6. The molecule has 4 aliphatic rings. The molecular formula is C55H91NO24. The molecule has 3 fully saturated rings. The molecule has 23 atom stereocenters. The number of carbonyl (C=O) groups is 6. The number of aliphatic carboxylic acids is 2. The normalized spacial score (nSPS) is 39.6. The molecule has 0 saturated carbocycles. The largest absolute Gasteiger partial charge is 0.479 e. The number of nitrogens with zero attached hydrogens (tertiary/aromatic N) is 1. The average Bonchev–Trinajstić information content (AvgIpc) is 3.37. The molecule has 8 N–H and O–H groups in total. The molecule has 3 saturated heterocycles. The van der Waals surface area contributed by atoms with E-state index in [1.807, 2.05) is 26.8 Å². The van der Waals surface area contributed by atoms with Crippen LogP contribution in [0.3, 0.4) is 0 Å². The minimum Gasteiger partial charge on any atom is -0.479 e. The number of cyclic esters (lactones) is 1. The summed E-state index contributed by atoms with van der Waals surface area (Å²) in [6.45, 7) is 17.5. The van der Waals surface area contributed by atoms with Gasteiger partial charge in [0, 0.05) is 51.2 Å². The lowest BCUT2D eigenvalue weighted by atomic mass is 9.79. The fraction of sp³-hybridized carbons (Fsp3) is 0.818. The Labute approximate surface area is 468 Å². The molecule has 0 amide bonds. The van der Waals surface area contributed by atoms with E-state index in [0.717, 1.165) is 6.29 Å². The highest BCUT2D eigenvalue weighted by atomic mass is 16.7. The third-order valence-electron chi connectivity index (χ3n) is 15.0. The van der Waals surface area contributed by atoms with Crippen molar-refractivity contribution in [1.29, 1.82) is 0 Å². The highest BCUT2D eigenvalue weighted by Crippen LogP contribution is 2.38. The Hall–Kier alpha value is -3.90. The van der Waals surface area contributed by atoms with Gasteiger partial charge in [-0.1, -0.05) is 52.3 Å². The van der Waals surface area contributed by atoms with Crippen LogP contribution in [0, 0.1) is 29.6 Å². The molecule has 0 aromatic rings. The molecule has 4 rings (SSSR count). The number of ether oxygens (including phenoxy) is 10. The zero-order chi connectivity index (χ0) is 60.7. The first-order valence-corrected chi connectivity index (χ1v) is 27.3. The third-order valence-corrected chi connectivity index (χ3v) is 15.0. The summed E-state index contributed by atoms with van der Waals surface area (Å²) < 4.78 is 61.0. The van der Waals surface area contributed by atoms with Crippen molar-refractivity contribution in [3.8, 4) is 0 Å². The minimum absolute atomic E-state index is 0.0148. The van der Waals surface area contributed by atoms with Crippen molar-refractivity contribution >= 4 is 35.9 Å². The Kier molecular flexibility index (Phi) is 28.4. The van der Waals surface area contributed by atoms with Crippen LogP contribution in [0.1, 0.15) is 108 Å². The number of aliphatic hydroxyl groups excluding tert-OH is 5. The van der Waals surface area contributed by atoms with E-state index in [2.05, 4.69) is 0 Å². The van der Waals surface area contributed by atoms with Crippen molar-refractivity contribution in [3.63, 3.8) is 0 Å². The molecule has 0 aliphatic carbocycles. The molecule has 25 nitrogen and oxygen atoms in total. The minimum atomic E-state index is -2.27. The molecule has 4 aliphatic heterocycles. The number of likely N-dealkylation sites (N-methyl/N-ethyl adjacent to an activating group) is 1. The predicted octanol–water partition coefficient (Wildman–Crippen LogP) is 1.31. The van der Waals surface area contributed by atoms with E-state index in [0.29, 0.717) is 12.0 Å². The molecule has 80 heavy (non-hydrogen) atoms. The van der Waals surface area contributed by atoms with E-state index >= 15 is 0 Å². The van der Waals surface area contributed by atoms with E-state index < -0.39 is 170 Å². The molecule has 3 unspecified atom stereocenters. The van der Waals surface area contributed by atoms with E-state index in [1.165, 1.54) is 20.3 Å². The van der Waals surface area contributed by atoms with Crippen LogP contribution in [-0.4, -0.2) is 233 Å². The molecule has 460 valence electrons. The van der Waals surface area contributed by atoms with Gasteiger partial charge in [0.25, 0.3) is 0 Å². The number of hydrogen-bond acceptors (Lipinski definition) is 23. The number of rotatable bonds is 19. The van der Waals surface area contributed by atoms with Gasteiger partial charge in [-0.15, -0.1) is 0 Å². The number of aliphatic hydroxyl groups is 6. The van der Waals surface area contributed by atoms with Crippen molar-refractivity contribution < 1.29 is 117 Å². The van der Waals surface area contributed by atoms with Crippen LogP contribution < -0.4 is 0 Å². The van der Waals surface area contributed by atoms with E-state index in [-0.39, 0.29) is 44.0 Å². The summed E-state index contributed by atoms with van der Waals surface area (Å²) in [5, 5.41) is 78.7. The van der Waals surface area contributed by atoms with Crippen LogP contribution in [0.4, 0.5) is 0 Å². The van der Waals surface area contributed by atoms with Gasteiger partial charge in [-0.05, 0) is 79.5 Å². The van der Waals surface area contributed by atoms with Gasteiger partial charge < -0.3 is 97.9 Å². The number of aldehydes is 1. The molecule has 0 aromatic heterocycles. The fourth-order valence-corrected chi connectivity index (χ4v) is 10.5. The van der Waals surface area contributed by atoms with Gasteiger partial charge in [0.05, 0.1) is 49.6 Å². The fourth-order valence-electron chi connectivity index (χ4n) is 10.5. The molecule has 25 heteroatoms. The molecule has 4 heterocycles. The lowest BCUT2D eigenvalue weighted by Gasteiger charge is -2.50. The Morgan fingerprint density at radius 3 is 1.96 bits per heavy atom. The Bertz CT molecular complexity index is 2030. The maximum absolute atomic E-state index is 13.8. The summed E-state index contributed by atoms with van der Waals surface area (Å²) in [5.41, 5.74) is -0.833. The summed E-state index contributed by atoms with van der Waals surface area (Å²) in [7, 11) is 6.43. The van der Waals surface area contributed by atoms with Gasteiger partial charge in [-0.3, -0.25) is 14.4 Å². The van der Waals surface area contributed by atoms with Crippen LogP contribution in [-0.2, 0) is 76.1 Å². The second-order valence-corrected chi connectivity index (χ2v) is 22.4. The number of methoxy groups -OCH3 is 2. The lowest BCUT2D eigenvalue weighted by Crippen LogP contribution is -2.65. The van der Waals surface area contributed by atoms with Gasteiger partial charge in [0.2, 0.25) is 0 Å². The van der Waals surface area contributed by atoms with Crippen LogP contribution in [0.2, 0.25) is 0 Å². The van der Waals surface area contributed by atoms with Gasteiger partial charge in [0.1, 0.15) is 48.5 Å². The van der Waals surface area contributed by atoms with Crippen LogP contribution >= 0.6 is 0 Å². The number of esters is 2. The smallest absolute Gasteiger partial charge is 0.335 e. The van der Waals surface area contributed by atoms with Crippen LogP contribution in [0.15, 0.2) is 23.8 Å². The van der Waals surface area contributed by atoms with Crippen LogP contribution in [0.25, 0.3) is 0 Å². The summed E-state index contributed by atoms with van der Waals surface area (Å²) in [6.07, 6.45) is -13.0. The van der Waals surface area contributed by atoms with Crippen molar-refractivity contribution in [3.05, 3.63) is 23.8 Å². The summed E-state index contributed by atoms with van der Waals surface area (Å²) in [6, 6.07) is -0.781. The number of carboxylic acid groups (broad SMARTS) is 2. The SMILES string of the molecule is CC[C@H]1OC(=O)C[C@@H](O)[C@H](C)[C@@H](O[C@@H]2O[C@H](C)[C@@H](O[C@H]3C[C@@](C)(O)[C@@H](OC(=O)CC(C)C)[C@H](C)O3)[C@H](N(C)C)[C@H]2O)[C@@H](CC=O)C[C@@H](C)C(=O)/C=C/C(C)=C/C1CO[C@@H]1O[C@H](C)[C@@H](O)[C@@H](OC)[C@H]1OC.O=C(O)C(O)C(O)C(=O)O. The number of allylic oxidation sites excluding steroid dienone is 3. The van der Waals surface area contributed by atoms with Crippen LogP contribution in [0.5, 0.6) is 0 Å². The van der Waals surface area contributed by atoms with Crippen molar-refractivity contribution in [1.82, 2.24) is 4.90 Å². The highest BCUT2D eigenvalue weighted by molar-refractivity contribution is 5.91. The summed E-state index contributed by atoms with van der Waals surface area (Å²) in [5.74, 6) is -7.58. The molecule has 0 aromatic carbocycles. The maximum atomic E-state index is 13.8. The molecular weight excluding hydrogens is 1060 g/mol. The first-order chi connectivity index (χ1) is 37.3. The number of carboxylic acids is 2. The highest BCUT2D eigenvalue weighted by Gasteiger charge is 2.53. The van der Waals surface area contributed by atoms with Gasteiger partial charge >= 0.3 is 23.9 Å². The quantitative estimate of drug-likeness (QED) is 0.0667. The van der Waals surface area contributed by atoms with Crippen molar-refractivity contribution in [2.75, 3.05) is 34.9 Å². The number of hydrogen-bond donors (Lipinski definition) is 8. The van der Waals surface area contributed by atoms with Crippen molar-refractivity contribution in [2.24, 2.45) is 29.6 Å². The summed E-state index contributed by atoms with van der Waals surface area (Å²) >= 11 is 0. The first-order valence-electron chi connectivity index (χ1n) is 27.3. The maximum Gasteiger partial charge on any atom is 0.335 e. The predicted molar refractivity (Wildman–Crippen MR) is 281 cm³/mol. The molecule has 0 spiro atoms. The number of ketones is 1. The van der Waals surface area contributed by atoms with Crippen molar-refractivity contribution in [2.45, 2.75) is 224 Å². The van der Waals surface area contributed by atoms with E-state index in [4.69, 9.17) is 67.8 Å². The third kappa shape index (κ3) is 19.6. The standard InChI is InChI=1S/C51H85NO18.C4H6O6/c1-15-37-34(25-63-50-47(62-14)46(61-13)42(58)30(7)65-50)21-27(4)16-17-35(54)28(5)22-33(18-19-53)44(29(6)36(55)23-39(57)67-37)70-49-43(59)41(52(11)12)45(31(8)66-49)69-40-24-51(10,60)48(32(9)64-40)68-38(56)20-26(2)3;5-1(3(7)8)2(6)4(9)10/h16-17,19,21,26,28-34,36-37,40-50,55,58-60H,15,18,20,22-25H2,1-14H3;1-2,5-6H,(H,7,8)(H,9,10)/b17-16+,27-21+;/t28-,29+,30-,31-,32+,33+,34?,36-,37-,40+,41-,42-,43-,44-,45-,46-,47-,48+,49+,50-,51-;/m1./s1. The monoisotopic (exact) mass is 1150 g/mol. The second-order valence-electron chi connectivity index (χ2n) is 22.4. The molecule has 0 radical (unpaired) electrons. The number of carbonyl (C=O) groups excluding carboxylic acids is 4. The Morgan fingerprint density at radius 2 is 1.44 bits per heavy atom. The molecule has 0 bridgehead atoms. The Balaban J connectivity index is 0.00000152. The lowest BCUT2D eigenvalue weighted by molar-refractivity contribution is -0.342. The van der Waals surface area contributed by atoms with E-state index in [1.54, 1.807) is 73.5 Å². The zero-order valence-corrected chi connectivity index (χ0v) is 48.6. The van der Waals surface area contributed by atoms with Gasteiger partial charge in [0.15, 0.2) is 43.0 Å². The van der Waals surface area contributed by atoms with Gasteiger partial charge in [-0.2, -0.15) is 0 Å². The van der Waals surface area contributed by atoms with Gasteiger partial charge in [-0.25, -0.2) is 9.59 Å².